The fourth-order valence-electron chi connectivity index (χ4n) is 1.95. The monoisotopic (exact) mass is 197 g/mol. The minimum absolute atomic E-state index is 0.0269. The van der Waals surface area contributed by atoms with Crippen molar-refractivity contribution in [3.63, 3.8) is 0 Å². The molecule has 2 atom stereocenters. The molecule has 1 aliphatic heterocycles. The molecule has 3 heteroatoms. The molecule has 80 valence electrons. The summed E-state index contributed by atoms with van der Waals surface area (Å²) in [6, 6.07) is 0.246. The predicted molar refractivity (Wildman–Crippen MR) is 56.0 cm³/mol. The van der Waals surface area contributed by atoms with Crippen LogP contribution in [0.1, 0.15) is 20.3 Å². The van der Waals surface area contributed by atoms with Crippen LogP contribution in [0.2, 0.25) is 0 Å². The number of carbonyl (C=O) groups is 1. The van der Waals surface area contributed by atoms with Gasteiger partial charge in [0, 0.05) is 13.2 Å². The fourth-order valence-corrected chi connectivity index (χ4v) is 1.95. The standard InChI is InChI=1S/C11H19NO2/c1-4-11(13)12-7-9(3)6-10(12)8-14-5-2/h4,9-10H,1,5-8H2,2-3H3/t9-,10+/m0/s1. The molecule has 3 nitrogen and oxygen atoms in total. The lowest BCUT2D eigenvalue weighted by Gasteiger charge is -2.22. The highest BCUT2D eigenvalue weighted by Crippen LogP contribution is 2.23. The summed E-state index contributed by atoms with van der Waals surface area (Å²) in [6.45, 7) is 9.84. The zero-order chi connectivity index (χ0) is 10.6. The second kappa shape index (κ2) is 5.15. The molecular weight excluding hydrogens is 178 g/mol. The lowest BCUT2D eigenvalue weighted by Crippen LogP contribution is -2.37. The van der Waals surface area contributed by atoms with E-state index in [0.29, 0.717) is 19.1 Å². The number of ether oxygens (including phenoxy) is 1. The first-order valence-corrected chi connectivity index (χ1v) is 5.19. The zero-order valence-corrected chi connectivity index (χ0v) is 9.03. The van der Waals surface area contributed by atoms with Crippen LogP contribution in [0.15, 0.2) is 12.7 Å². The number of likely N-dealkylation sites (tertiary alicyclic amines) is 1. The van der Waals surface area contributed by atoms with Gasteiger partial charge in [0.05, 0.1) is 12.6 Å². The lowest BCUT2D eigenvalue weighted by molar-refractivity contribution is -0.127. The van der Waals surface area contributed by atoms with Gasteiger partial charge in [-0.3, -0.25) is 4.79 Å². The zero-order valence-electron chi connectivity index (χ0n) is 9.03. The van der Waals surface area contributed by atoms with Crippen LogP contribution >= 0.6 is 0 Å². The van der Waals surface area contributed by atoms with Gasteiger partial charge in [-0.25, -0.2) is 0 Å². The van der Waals surface area contributed by atoms with Crippen molar-refractivity contribution in [2.75, 3.05) is 19.8 Å². The van der Waals surface area contributed by atoms with Crippen LogP contribution < -0.4 is 0 Å². The molecule has 0 aromatic rings. The number of rotatable bonds is 4. The maximum atomic E-state index is 11.5. The molecule has 0 aromatic heterocycles. The van der Waals surface area contributed by atoms with Crippen molar-refractivity contribution in [1.82, 2.24) is 4.90 Å². The summed E-state index contributed by atoms with van der Waals surface area (Å²) in [7, 11) is 0. The van der Waals surface area contributed by atoms with Gasteiger partial charge in [0.1, 0.15) is 0 Å². The molecule has 14 heavy (non-hydrogen) atoms. The second-order valence-electron chi connectivity index (χ2n) is 3.85. The van der Waals surface area contributed by atoms with E-state index in [9.17, 15) is 4.79 Å². The van der Waals surface area contributed by atoms with Crippen molar-refractivity contribution in [2.45, 2.75) is 26.3 Å². The summed E-state index contributed by atoms with van der Waals surface area (Å²) in [5.41, 5.74) is 0. The first kappa shape index (κ1) is 11.2. The Morgan fingerprint density at radius 1 is 1.71 bits per heavy atom. The highest BCUT2D eigenvalue weighted by atomic mass is 16.5. The van der Waals surface area contributed by atoms with E-state index < -0.39 is 0 Å². The SMILES string of the molecule is C=CC(=O)N1C[C@@H](C)C[C@@H]1COCC. The van der Waals surface area contributed by atoms with Gasteiger partial charge in [-0.1, -0.05) is 13.5 Å². The topological polar surface area (TPSA) is 29.5 Å². The average molecular weight is 197 g/mol. The van der Waals surface area contributed by atoms with Crippen molar-refractivity contribution in [2.24, 2.45) is 5.92 Å². The van der Waals surface area contributed by atoms with Crippen molar-refractivity contribution in [3.05, 3.63) is 12.7 Å². The molecule has 0 radical (unpaired) electrons. The molecule has 0 saturated carbocycles. The van der Waals surface area contributed by atoms with Crippen LogP contribution in [-0.4, -0.2) is 36.6 Å². The molecule has 0 unspecified atom stereocenters. The van der Waals surface area contributed by atoms with Crippen LogP contribution in [0.4, 0.5) is 0 Å². The highest BCUT2D eigenvalue weighted by Gasteiger charge is 2.31. The second-order valence-corrected chi connectivity index (χ2v) is 3.85. The van der Waals surface area contributed by atoms with Gasteiger partial charge in [-0.05, 0) is 25.3 Å². The molecule has 1 saturated heterocycles. The molecule has 1 heterocycles. The van der Waals surface area contributed by atoms with Crippen LogP contribution in [0.3, 0.4) is 0 Å². The lowest BCUT2D eigenvalue weighted by atomic mass is 10.1. The van der Waals surface area contributed by atoms with Crippen LogP contribution in [0.25, 0.3) is 0 Å². The maximum absolute atomic E-state index is 11.5. The van der Waals surface area contributed by atoms with Crippen molar-refractivity contribution in [3.8, 4) is 0 Å². The van der Waals surface area contributed by atoms with Crippen LogP contribution in [0, 0.1) is 5.92 Å². The largest absolute Gasteiger partial charge is 0.380 e. The molecule has 0 spiro atoms. The average Bonchev–Trinajstić information content (AvgIpc) is 2.55. The molecule has 1 aliphatic rings. The molecular formula is C11H19NO2. The minimum atomic E-state index is 0.0269. The quantitative estimate of drug-likeness (QED) is 0.638. The number of hydrogen-bond acceptors (Lipinski definition) is 2. The summed E-state index contributed by atoms with van der Waals surface area (Å²) in [5, 5.41) is 0. The van der Waals surface area contributed by atoms with Crippen LogP contribution in [0.5, 0.6) is 0 Å². The number of hydrogen-bond donors (Lipinski definition) is 0. The van der Waals surface area contributed by atoms with E-state index in [1.165, 1.54) is 6.08 Å². The summed E-state index contributed by atoms with van der Waals surface area (Å²) < 4.78 is 5.36. The summed E-state index contributed by atoms with van der Waals surface area (Å²) >= 11 is 0. The number of carbonyl (C=O) groups excluding carboxylic acids is 1. The summed E-state index contributed by atoms with van der Waals surface area (Å²) in [5.74, 6) is 0.600. The van der Waals surface area contributed by atoms with Gasteiger partial charge in [0.2, 0.25) is 5.91 Å². The minimum Gasteiger partial charge on any atom is -0.380 e. The molecule has 0 aliphatic carbocycles. The molecule has 0 aromatic carbocycles. The van der Waals surface area contributed by atoms with E-state index in [0.717, 1.165) is 13.0 Å². The number of amides is 1. The Bertz CT molecular complexity index is 215. The third-order valence-electron chi connectivity index (χ3n) is 2.60. The highest BCUT2D eigenvalue weighted by molar-refractivity contribution is 5.87. The number of nitrogens with zero attached hydrogens (tertiary/aromatic N) is 1. The predicted octanol–water partition coefficient (Wildman–Crippen LogP) is 1.45. The Morgan fingerprint density at radius 3 is 3.00 bits per heavy atom. The smallest absolute Gasteiger partial charge is 0.246 e. The Balaban J connectivity index is 2.53. The van der Waals surface area contributed by atoms with E-state index in [-0.39, 0.29) is 11.9 Å². The van der Waals surface area contributed by atoms with Gasteiger partial charge < -0.3 is 9.64 Å². The van der Waals surface area contributed by atoms with Crippen molar-refractivity contribution < 1.29 is 9.53 Å². The van der Waals surface area contributed by atoms with Gasteiger partial charge in [-0.2, -0.15) is 0 Å². The van der Waals surface area contributed by atoms with E-state index >= 15 is 0 Å². The van der Waals surface area contributed by atoms with Gasteiger partial charge >= 0.3 is 0 Å². The Morgan fingerprint density at radius 2 is 2.43 bits per heavy atom. The molecule has 0 N–H and O–H groups in total. The fraction of sp³-hybridized carbons (Fsp3) is 0.727. The van der Waals surface area contributed by atoms with E-state index in [4.69, 9.17) is 4.74 Å². The van der Waals surface area contributed by atoms with Crippen molar-refractivity contribution >= 4 is 5.91 Å². The molecule has 1 amide bonds. The third-order valence-corrected chi connectivity index (χ3v) is 2.60. The van der Waals surface area contributed by atoms with Crippen molar-refractivity contribution in [1.29, 1.82) is 0 Å². The van der Waals surface area contributed by atoms with Gasteiger partial charge in [0.25, 0.3) is 0 Å². The first-order valence-electron chi connectivity index (χ1n) is 5.19. The maximum Gasteiger partial charge on any atom is 0.246 e. The van der Waals surface area contributed by atoms with Gasteiger partial charge in [0.15, 0.2) is 0 Å². The Hall–Kier alpha value is -0.830. The molecule has 0 bridgehead atoms. The third kappa shape index (κ3) is 2.58. The first-order chi connectivity index (χ1) is 6.69. The van der Waals surface area contributed by atoms with E-state index in [1.807, 2.05) is 11.8 Å². The summed E-state index contributed by atoms with van der Waals surface area (Å²) in [4.78, 5) is 13.4. The Kier molecular flexibility index (Phi) is 4.14. The normalized spacial score (nSPS) is 26.6. The van der Waals surface area contributed by atoms with E-state index in [2.05, 4.69) is 13.5 Å². The molecule has 1 fully saturated rings. The summed E-state index contributed by atoms with van der Waals surface area (Å²) in [6.07, 6.45) is 2.43. The molecule has 1 rings (SSSR count). The van der Waals surface area contributed by atoms with Gasteiger partial charge in [-0.15, -0.1) is 0 Å². The van der Waals surface area contributed by atoms with E-state index in [1.54, 1.807) is 0 Å². The Labute approximate surface area is 85.7 Å². The van der Waals surface area contributed by atoms with Crippen LogP contribution in [-0.2, 0) is 9.53 Å².